The summed E-state index contributed by atoms with van der Waals surface area (Å²) in [6.45, 7) is 3.56. The zero-order valence-electron chi connectivity index (χ0n) is 20.4. The van der Waals surface area contributed by atoms with E-state index in [0.717, 1.165) is 35.3 Å². The quantitative estimate of drug-likeness (QED) is 0.237. The third-order valence-corrected chi connectivity index (χ3v) is 6.98. The first-order chi connectivity index (χ1) is 17.6. The number of urea groups is 1. The fourth-order valence-electron chi connectivity index (χ4n) is 5.05. The Morgan fingerprint density at radius 1 is 1.00 bits per heavy atom. The molecule has 0 bridgehead atoms. The fraction of sp³-hybridized carbons (Fsp3) is 0.276. The van der Waals surface area contributed by atoms with E-state index in [4.69, 9.17) is 4.99 Å². The highest BCUT2D eigenvalue weighted by molar-refractivity contribution is 5.90. The van der Waals surface area contributed by atoms with E-state index in [2.05, 4.69) is 22.8 Å². The molecule has 1 saturated heterocycles. The van der Waals surface area contributed by atoms with Gasteiger partial charge in [-0.1, -0.05) is 54.6 Å². The van der Waals surface area contributed by atoms with Crippen molar-refractivity contribution in [2.75, 3.05) is 25.0 Å². The van der Waals surface area contributed by atoms with Crippen LogP contribution in [0.5, 0.6) is 0 Å². The number of anilines is 1. The SMILES string of the molecule is Cc1ccccc1N=C(NC#N)N1CCN(C(=O)Nc2ccc3c(c2)CCC3)C(c2ccccc2)C1. The molecule has 36 heavy (non-hydrogen) atoms. The van der Waals surface area contributed by atoms with Gasteiger partial charge in [-0.05, 0) is 66.6 Å². The molecule has 1 heterocycles. The Labute approximate surface area is 212 Å². The van der Waals surface area contributed by atoms with Crippen LogP contribution in [0, 0.1) is 18.4 Å². The summed E-state index contributed by atoms with van der Waals surface area (Å²) in [4.78, 5) is 22.2. The van der Waals surface area contributed by atoms with E-state index in [-0.39, 0.29) is 12.1 Å². The number of carbonyl (C=O) groups excluding carboxylic acids is 1. The number of rotatable bonds is 3. The Kier molecular flexibility index (Phi) is 6.85. The Hall–Kier alpha value is -4.31. The lowest BCUT2D eigenvalue weighted by atomic mass is 10.0. The number of aryl methyl sites for hydroxylation is 3. The van der Waals surface area contributed by atoms with E-state index in [0.29, 0.717) is 25.6 Å². The number of nitrogens with zero attached hydrogens (tertiary/aromatic N) is 4. The number of aliphatic imine (C=N–C) groups is 1. The average Bonchev–Trinajstić information content (AvgIpc) is 3.38. The number of guanidine groups is 1. The number of amides is 2. The lowest BCUT2D eigenvalue weighted by molar-refractivity contribution is 0.135. The van der Waals surface area contributed by atoms with Gasteiger partial charge in [-0.25, -0.2) is 9.79 Å². The van der Waals surface area contributed by atoms with Gasteiger partial charge in [0.2, 0.25) is 5.96 Å². The van der Waals surface area contributed by atoms with Gasteiger partial charge < -0.3 is 15.1 Å². The van der Waals surface area contributed by atoms with Crippen LogP contribution < -0.4 is 10.6 Å². The lowest BCUT2D eigenvalue weighted by Gasteiger charge is -2.42. The maximum absolute atomic E-state index is 13.5. The number of para-hydroxylation sites is 1. The Morgan fingerprint density at radius 3 is 2.58 bits per heavy atom. The highest BCUT2D eigenvalue weighted by atomic mass is 16.2. The van der Waals surface area contributed by atoms with Crippen molar-refractivity contribution in [3.8, 4) is 6.19 Å². The second-order valence-corrected chi connectivity index (χ2v) is 9.29. The van der Waals surface area contributed by atoms with Gasteiger partial charge in [0.25, 0.3) is 0 Å². The van der Waals surface area contributed by atoms with Crippen molar-refractivity contribution in [2.45, 2.75) is 32.2 Å². The molecular formula is C29H30N6O. The Bertz CT molecular complexity index is 1310. The van der Waals surface area contributed by atoms with Crippen molar-refractivity contribution in [2.24, 2.45) is 4.99 Å². The fourth-order valence-corrected chi connectivity index (χ4v) is 5.05. The van der Waals surface area contributed by atoms with Gasteiger partial charge in [-0.15, -0.1) is 0 Å². The van der Waals surface area contributed by atoms with Gasteiger partial charge in [-0.2, -0.15) is 5.26 Å². The Balaban J connectivity index is 1.40. The molecule has 1 aliphatic carbocycles. The van der Waals surface area contributed by atoms with Crippen LogP contribution in [0.2, 0.25) is 0 Å². The van der Waals surface area contributed by atoms with Crippen LogP contribution in [-0.4, -0.2) is 41.4 Å². The van der Waals surface area contributed by atoms with Gasteiger partial charge in [0.05, 0.1) is 11.7 Å². The molecule has 1 fully saturated rings. The minimum absolute atomic E-state index is 0.118. The largest absolute Gasteiger partial charge is 0.338 e. The highest BCUT2D eigenvalue weighted by Crippen LogP contribution is 2.29. The van der Waals surface area contributed by atoms with E-state index in [1.807, 2.05) is 83.6 Å². The summed E-state index contributed by atoms with van der Waals surface area (Å²) in [6, 6.07) is 23.8. The zero-order valence-corrected chi connectivity index (χ0v) is 20.4. The van der Waals surface area contributed by atoms with Gasteiger partial charge in [-0.3, -0.25) is 5.32 Å². The smallest absolute Gasteiger partial charge is 0.322 e. The summed E-state index contributed by atoms with van der Waals surface area (Å²) in [5, 5.41) is 15.3. The summed E-state index contributed by atoms with van der Waals surface area (Å²) >= 11 is 0. The second-order valence-electron chi connectivity index (χ2n) is 9.29. The van der Waals surface area contributed by atoms with Crippen molar-refractivity contribution in [1.29, 1.82) is 5.26 Å². The molecule has 182 valence electrons. The molecule has 5 rings (SSSR count). The molecule has 1 unspecified atom stereocenters. The normalized spacial score (nSPS) is 17.3. The molecule has 7 nitrogen and oxygen atoms in total. The van der Waals surface area contributed by atoms with E-state index in [9.17, 15) is 10.1 Å². The first kappa shape index (κ1) is 23.4. The summed E-state index contributed by atoms with van der Waals surface area (Å²) < 4.78 is 0. The topological polar surface area (TPSA) is 83.8 Å². The minimum atomic E-state index is -0.197. The van der Waals surface area contributed by atoms with Crippen molar-refractivity contribution in [1.82, 2.24) is 15.1 Å². The monoisotopic (exact) mass is 478 g/mol. The number of hydrogen-bond donors (Lipinski definition) is 2. The highest BCUT2D eigenvalue weighted by Gasteiger charge is 2.33. The van der Waals surface area contributed by atoms with Gasteiger partial charge in [0, 0.05) is 25.3 Å². The number of hydrogen-bond acceptors (Lipinski definition) is 3. The summed E-state index contributed by atoms with van der Waals surface area (Å²) in [6.07, 6.45) is 5.39. The van der Waals surface area contributed by atoms with Crippen LogP contribution in [0.25, 0.3) is 0 Å². The van der Waals surface area contributed by atoms with Crippen LogP contribution in [0.15, 0.2) is 77.8 Å². The van der Waals surface area contributed by atoms with Crippen molar-refractivity contribution in [3.05, 3.63) is 95.1 Å². The molecule has 0 saturated carbocycles. The standard InChI is InChI=1S/C29H30N6O/c1-21-8-5-6-13-26(21)33-28(31-20-30)34-16-17-35(27(19-34)23-9-3-2-4-10-23)29(36)32-25-15-14-22-11-7-12-24(22)18-25/h2-6,8-10,13-15,18,27H,7,11-12,16-17,19H2,1H3,(H,31,33)(H,32,36). The number of nitriles is 1. The predicted molar refractivity (Wildman–Crippen MR) is 142 cm³/mol. The van der Waals surface area contributed by atoms with Crippen LogP contribution in [-0.2, 0) is 12.8 Å². The third kappa shape index (κ3) is 5.03. The van der Waals surface area contributed by atoms with E-state index < -0.39 is 0 Å². The number of carbonyl (C=O) groups is 1. The van der Waals surface area contributed by atoms with Gasteiger partial charge >= 0.3 is 6.03 Å². The molecule has 2 aliphatic rings. The van der Waals surface area contributed by atoms with Crippen molar-refractivity contribution < 1.29 is 4.79 Å². The van der Waals surface area contributed by atoms with Crippen molar-refractivity contribution in [3.63, 3.8) is 0 Å². The minimum Gasteiger partial charge on any atom is -0.338 e. The van der Waals surface area contributed by atoms with E-state index in [1.54, 1.807) is 0 Å². The van der Waals surface area contributed by atoms with Gasteiger partial charge in [0.15, 0.2) is 6.19 Å². The molecule has 1 atom stereocenters. The molecule has 3 aromatic carbocycles. The number of piperazine rings is 1. The molecule has 3 aromatic rings. The third-order valence-electron chi connectivity index (χ3n) is 6.98. The van der Waals surface area contributed by atoms with Gasteiger partial charge in [0.1, 0.15) is 0 Å². The number of fused-ring (bicyclic) bond motifs is 1. The zero-order chi connectivity index (χ0) is 24.9. The molecular weight excluding hydrogens is 448 g/mol. The molecule has 0 spiro atoms. The molecule has 0 radical (unpaired) electrons. The number of benzene rings is 3. The van der Waals surface area contributed by atoms with Crippen LogP contribution >= 0.6 is 0 Å². The summed E-state index contributed by atoms with van der Waals surface area (Å²) in [5.74, 6) is 0.492. The van der Waals surface area contributed by atoms with Crippen molar-refractivity contribution >= 4 is 23.4 Å². The molecule has 7 heteroatoms. The first-order valence-corrected chi connectivity index (χ1v) is 12.4. The van der Waals surface area contributed by atoms with E-state index in [1.165, 1.54) is 17.5 Å². The summed E-state index contributed by atoms with van der Waals surface area (Å²) in [5.41, 5.74) is 6.43. The first-order valence-electron chi connectivity index (χ1n) is 12.4. The van der Waals surface area contributed by atoms with E-state index >= 15 is 0 Å². The molecule has 2 N–H and O–H groups in total. The summed E-state index contributed by atoms with van der Waals surface area (Å²) in [7, 11) is 0. The van der Waals surface area contributed by atoms with Crippen LogP contribution in [0.3, 0.4) is 0 Å². The maximum atomic E-state index is 13.5. The molecule has 0 aromatic heterocycles. The van der Waals surface area contributed by atoms with Crippen LogP contribution in [0.1, 0.15) is 34.7 Å². The number of nitrogens with one attached hydrogen (secondary N) is 2. The molecule has 2 amide bonds. The second kappa shape index (κ2) is 10.5. The predicted octanol–water partition coefficient (Wildman–Crippen LogP) is 5.13. The molecule has 1 aliphatic heterocycles. The van der Waals surface area contributed by atoms with Crippen LogP contribution in [0.4, 0.5) is 16.2 Å². The Morgan fingerprint density at radius 2 is 1.78 bits per heavy atom. The average molecular weight is 479 g/mol. The maximum Gasteiger partial charge on any atom is 0.322 e. The lowest BCUT2D eigenvalue weighted by Crippen LogP contribution is -2.55.